The van der Waals surface area contributed by atoms with E-state index in [1.54, 1.807) is 0 Å². The molecule has 1 aliphatic heterocycles. The first-order valence-electron chi connectivity index (χ1n) is 5.47. The third-order valence-electron chi connectivity index (χ3n) is 1.86. The van der Waals surface area contributed by atoms with Crippen molar-refractivity contribution >= 4 is 0 Å². The monoisotopic (exact) mass is 173 g/mol. The van der Waals surface area contributed by atoms with Crippen LogP contribution in [0.15, 0.2) is 0 Å². The number of hydrogen-bond donors (Lipinski definition) is 0. The van der Waals surface area contributed by atoms with Gasteiger partial charge in [0.05, 0.1) is 0 Å². The second-order valence-electron chi connectivity index (χ2n) is 3.01. The van der Waals surface area contributed by atoms with E-state index in [0.717, 1.165) is 5.92 Å². The van der Waals surface area contributed by atoms with Crippen molar-refractivity contribution in [2.75, 3.05) is 20.1 Å². The van der Waals surface area contributed by atoms with Gasteiger partial charge < -0.3 is 4.90 Å². The maximum atomic E-state index is 2.41. The maximum Gasteiger partial charge on any atom is 0.000398 e. The molecule has 1 aliphatic rings. The van der Waals surface area contributed by atoms with Gasteiger partial charge in [-0.2, -0.15) is 0 Å². The molecule has 0 radical (unpaired) electrons. The van der Waals surface area contributed by atoms with E-state index in [9.17, 15) is 0 Å². The van der Waals surface area contributed by atoms with E-state index in [2.05, 4.69) is 18.9 Å². The molecular weight excluding hydrogens is 146 g/mol. The minimum Gasteiger partial charge on any atom is -0.306 e. The summed E-state index contributed by atoms with van der Waals surface area (Å²) in [5.41, 5.74) is 0. The second kappa shape index (κ2) is 11.0. The average Bonchev–Trinajstić information content (AvgIpc) is 2.11. The molecular formula is C11H27N. The van der Waals surface area contributed by atoms with E-state index in [1.807, 2.05) is 27.7 Å². The summed E-state index contributed by atoms with van der Waals surface area (Å²) in [4.78, 5) is 2.41. The molecule has 0 unspecified atom stereocenters. The van der Waals surface area contributed by atoms with Crippen molar-refractivity contribution in [1.82, 2.24) is 4.90 Å². The predicted octanol–water partition coefficient (Wildman–Crippen LogP) is 3.40. The molecule has 1 fully saturated rings. The van der Waals surface area contributed by atoms with Gasteiger partial charge in [0.25, 0.3) is 0 Å². The van der Waals surface area contributed by atoms with E-state index < -0.39 is 0 Å². The molecule has 12 heavy (non-hydrogen) atoms. The zero-order valence-corrected chi connectivity index (χ0v) is 9.85. The minimum absolute atomic E-state index is 0.939. The Kier molecular flexibility index (Phi) is 13.2. The molecule has 0 aromatic rings. The van der Waals surface area contributed by atoms with Gasteiger partial charge in [-0.15, -0.1) is 0 Å². The average molecular weight is 173 g/mol. The van der Waals surface area contributed by atoms with Gasteiger partial charge in [-0.05, 0) is 32.4 Å². The van der Waals surface area contributed by atoms with Gasteiger partial charge in [-0.25, -0.2) is 0 Å². The Balaban J connectivity index is 0. The quantitative estimate of drug-likeness (QED) is 0.542. The van der Waals surface area contributed by atoms with Crippen molar-refractivity contribution < 1.29 is 0 Å². The molecule has 0 bridgehead atoms. The highest BCUT2D eigenvalue weighted by atomic mass is 15.1. The van der Waals surface area contributed by atoms with E-state index in [0.29, 0.717) is 0 Å². The highest BCUT2D eigenvalue weighted by molar-refractivity contribution is 4.65. The molecule has 0 amide bonds. The maximum absolute atomic E-state index is 2.41. The Morgan fingerprint density at radius 3 is 1.83 bits per heavy atom. The summed E-state index contributed by atoms with van der Waals surface area (Å²) < 4.78 is 0. The van der Waals surface area contributed by atoms with Crippen LogP contribution in [0.1, 0.15) is 47.5 Å². The fourth-order valence-electron chi connectivity index (χ4n) is 1.42. The summed E-state index contributed by atoms with van der Waals surface area (Å²) in [7, 11) is 2.20. The molecule has 1 nitrogen and oxygen atoms in total. The first-order valence-corrected chi connectivity index (χ1v) is 5.47. The molecule has 1 heteroatoms. The van der Waals surface area contributed by atoms with E-state index in [1.165, 1.54) is 25.9 Å². The molecule has 1 saturated heterocycles. The van der Waals surface area contributed by atoms with Gasteiger partial charge in [0.15, 0.2) is 0 Å². The molecule has 1 atom stereocenters. The fraction of sp³-hybridized carbons (Fsp3) is 1.00. The molecule has 0 aromatic carbocycles. The van der Waals surface area contributed by atoms with E-state index in [-0.39, 0.29) is 0 Å². The normalized spacial score (nSPS) is 23.0. The third kappa shape index (κ3) is 8.06. The topological polar surface area (TPSA) is 3.24 Å². The van der Waals surface area contributed by atoms with Crippen LogP contribution in [0.5, 0.6) is 0 Å². The summed E-state index contributed by atoms with van der Waals surface area (Å²) in [5.74, 6) is 0.939. The van der Waals surface area contributed by atoms with Crippen LogP contribution in [0.2, 0.25) is 0 Å². The summed E-state index contributed by atoms with van der Waals surface area (Å²) in [6, 6.07) is 0. The lowest BCUT2D eigenvalue weighted by Crippen LogP contribution is -2.30. The Hall–Kier alpha value is -0.0400. The largest absolute Gasteiger partial charge is 0.306 e. The lowest BCUT2D eigenvalue weighted by atomic mass is 10.0. The Bertz CT molecular complexity index is 63.4. The highest BCUT2D eigenvalue weighted by Crippen LogP contribution is 2.12. The van der Waals surface area contributed by atoms with Crippen LogP contribution < -0.4 is 0 Å². The lowest BCUT2D eigenvalue weighted by molar-refractivity contribution is 0.221. The van der Waals surface area contributed by atoms with Crippen LogP contribution in [0, 0.1) is 5.92 Å². The number of rotatable bonds is 0. The van der Waals surface area contributed by atoms with Crippen LogP contribution >= 0.6 is 0 Å². The van der Waals surface area contributed by atoms with E-state index in [4.69, 9.17) is 0 Å². The van der Waals surface area contributed by atoms with Crippen molar-refractivity contribution in [3.63, 3.8) is 0 Å². The molecule has 0 aromatic heterocycles. The molecule has 0 spiro atoms. The van der Waals surface area contributed by atoms with Gasteiger partial charge in [0.2, 0.25) is 0 Å². The summed E-state index contributed by atoms with van der Waals surface area (Å²) in [5, 5.41) is 0. The third-order valence-corrected chi connectivity index (χ3v) is 1.86. The van der Waals surface area contributed by atoms with Gasteiger partial charge in [0.1, 0.15) is 0 Å². The van der Waals surface area contributed by atoms with Crippen molar-refractivity contribution in [3.05, 3.63) is 0 Å². The van der Waals surface area contributed by atoms with E-state index >= 15 is 0 Å². The molecule has 0 N–H and O–H groups in total. The molecule has 1 heterocycles. The molecule has 0 saturated carbocycles. The number of piperidine rings is 1. The second-order valence-corrected chi connectivity index (χ2v) is 3.01. The molecule has 1 rings (SSSR count). The van der Waals surface area contributed by atoms with Crippen LogP contribution in [0.3, 0.4) is 0 Å². The SMILES string of the molecule is CC.CC.C[C@@H]1CCCN(C)C1. The summed E-state index contributed by atoms with van der Waals surface area (Å²) in [6.45, 7) is 12.9. The number of nitrogens with zero attached hydrogens (tertiary/aromatic N) is 1. The first kappa shape index (κ1) is 14.5. The number of hydrogen-bond acceptors (Lipinski definition) is 1. The van der Waals surface area contributed by atoms with Crippen molar-refractivity contribution in [2.45, 2.75) is 47.5 Å². The Morgan fingerprint density at radius 1 is 1.08 bits per heavy atom. The fourth-order valence-corrected chi connectivity index (χ4v) is 1.42. The zero-order chi connectivity index (χ0) is 9.98. The summed E-state index contributed by atoms with van der Waals surface area (Å²) >= 11 is 0. The van der Waals surface area contributed by atoms with Crippen molar-refractivity contribution in [3.8, 4) is 0 Å². The van der Waals surface area contributed by atoms with Crippen LogP contribution in [0.25, 0.3) is 0 Å². The van der Waals surface area contributed by atoms with Crippen LogP contribution in [-0.2, 0) is 0 Å². The predicted molar refractivity (Wildman–Crippen MR) is 58.6 cm³/mol. The Morgan fingerprint density at radius 2 is 1.58 bits per heavy atom. The number of likely N-dealkylation sites (tertiary alicyclic amines) is 1. The van der Waals surface area contributed by atoms with Crippen molar-refractivity contribution in [1.29, 1.82) is 0 Å². The van der Waals surface area contributed by atoms with Gasteiger partial charge in [-0.1, -0.05) is 34.6 Å². The lowest BCUT2D eigenvalue weighted by Gasteiger charge is -2.26. The zero-order valence-electron chi connectivity index (χ0n) is 9.85. The smallest absolute Gasteiger partial charge is 0.000398 e. The van der Waals surface area contributed by atoms with Gasteiger partial charge in [-0.3, -0.25) is 0 Å². The molecule has 76 valence electrons. The standard InChI is InChI=1S/C7H15N.2C2H6/c1-7-4-3-5-8(2)6-7;2*1-2/h7H,3-6H2,1-2H3;2*1-2H3/t7-;;/m1../s1. The Labute approximate surface area is 79.2 Å². The first-order chi connectivity index (χ1) is 5.79. The molecule has 0 aliphatic carbocycles. The van der Waals surface area contributed by atoms with Crippen LogP contribution in [0.4, 0.5) is 0 Å². The van der Waals surface area contributed by atoms with Gasteiger partial charge >= 0.3 is 0 Å². The highest BCUT2D eigenvalue weighted by Gasteiger charge is 2.11. The van der Waals surface area contributed by atoms with Gasteiger partial charge in [0, 0.05) is 6.54 Å². The minimum atomic E-state index is 0.939. The summed E-state index contributed by atoms with van der Waals surface area (Å²) in [6.07, 6.45) is 2.84. The van der Waals surface area contributed by atoms with Crippen molar-refractivity contribution in [2.24, 2.45) is 5.92 Å². The van der Waals surface area contributed by atoms with Crippen LogP contribution in [-0.4, -0.2) is 25.0 Å².